The van der Waals surface area contributed by atoms with Crippen molar-refractivity contribution in [1.82, 2.24) is 9.80 Å². The third-order valence-electron chi connectivity index (χ3n) is 5.64. The average molecular weight is 398 g/mol. The second-order valence-electron chi connectivity index (χ2n) is 7.68. The van der Waals surface area contributed by atoms with Crippen LogP contribution < -0.4 is 0 Å². The van der Waals surface area contributed by atoms with Crippen LogP contribution in [0, 0.1) is 0 Å². The number of carbonyl (C=O) groups excluding carboxylic acids is 1. The molecule has 6 nitrogen and oxygen atoms in total. The molecule has 0 aromatic heterocycles. The Bertz CT molecular complexity index is 752. The van der Waals surface area contributed by atoms with Crippen molar-refractivity contribution < 1.29 is 14.3 Å². The normalized spacial score (nSPS) is 23.0. The van der Waals surface area contributed by atoms with Crippen LogP contribution in [0.15, 0.2) is 59.9 Å². The minimum absolute atomic E-state index is 0.0695. The highest BCUT2D eigenvalue weighted by Gasteiger charge is 2.44. The summed E-state index contributed by atoms with van der Waals surface area (Å²) in [5, 5.41) is 0. The molecule has 29 heavy (non-hydrogen) atoms. The van der Waals surface area contributed by atoms with Crippen LogP contribution in [0.1, 0.15) is 25.3 Å². The Hall–Kier alpha value is -2.44. The van der Waals surface area contributed by atoms with Crippen molar-refractivity contribution in [3.8, 4) is 0 Å². The zero-order valence-electron chi connectivity index (χ0n) is 17.4. The lowest BCUT2D eigenvalue weighted by Crippen LogP contribution is -2.61. The lowest BCUT2D eigenvalue weighted by Gasteiger charge is -2.48. The van der Waals surface area contributed by atoms with Crippen molar-refractivity contribution in [1.29, 1.82) is 0 Å². The second-order valence-corrected chi connectivity index (χ2v) is 7.68. The number of rotatable bonds is 7. The minimum Gasteiger partial charge on any atom is -0.481 e. The molecule has 0 aliphatic carbocycles. The predicted octanol–water partition coefficient (Wildman–Crippen LogP) is 3.01. The Morgan fingerprint density at radius 2 is 2.07 bits per heavy atom. The molecule has 2 saturated heterocycles. The molecule has 3 rings (SSSR count). The van der Waals surface area contributed by atoms with E-state index in [1.54, 1.807) is 30.5 Å². The minimum atomic E-state index is -0.472. The van der Waals surface area contributed by atoms with E-state index >= 15 is 0 Å². The number of morpholine rings is 1. The highest BCUT2D eigenvalue weighted by atomic mass is 16.5. The fourth-order valence-corrected chi connectivity index (χ4v) is 3.97. The first-order chi connectivity index (χ1) is 14.0. The molecule has 1 amide bonds. The largest absolute Gasteiger partial charge is 0.481 e. The summed E-state index contributed by atoms with van der Waals surface area (Å²) in [7, 11) is 1.54. The van der Waals surface area contributed by atoms with Crippen LogP contribution in [0.4, 0.5) is 0 Å². The molecule has 1 aromatic rings. The third kappa shape index (κ3) is 5.55. The van der Waals surface area contributed by atoms with E-state index in [2.05, 4.69) is 46.8 Å². The van der Waals surface area contributed by atoms with Gasteiger partial charge in [0.15, 0.2) is 0 Å². The number of likely N-dealkylation sites (tertiary alicyclic amines) is 1. The molecule has 1 aromatic carbocycles. The summed E-state index contributed by atoms with van der Waals surface area (Å²) in [5.41, 5.74) is 1.06. The number of nitrogens with zero attached hydrogens (tertiary/aromatic N) is 3. The fraction of sp³-hybridized carbons (Fsp3) is 0.478. The van der Waals surface area contributed by atoms with Gasteiger partial charge in [-0.1, -0.05) is 43.0 Å². The maximum Gasteiger partial charge on any atom is 0.256 e. The van der Waals surface area contributed by atoms with Crippen molar-refractivity contribution >= 4 is 12.2 Å². The summed E-state index contributed by atoms with van der Waals surface area (Å²) in [4.78, 5) is 21.0. The molecular weight excluding hydrogens is 366 g/mol. The van der Waals surface area contributed by atoms with Crippen LogP contribution in [0.2, 0.25) is 0 Å². The first-order valence-corrected chi connectivity index (χ1v) is 10.2. The van der Waals surface area contributed by atoms with E-state index in [1.165, 1.54) is 5.56 Å². The number of methoxy groups -OCH3 is 1. The van der Waals surface area contributed by atoms with Crippen LogP contribution >= 0.6 is 0 Å². The van der Waals surface area contributed by atoms with Gasteiger partial charge in [-0.2, -0.15) is 0 Å². The Morgan fingerprint density at radius 1 is 1.34 bits per heavy atom. The van der Waals surface area contributed by atoms with Gasteiger partial charge in [-0.05, 0) is 37.8 Å². The van der Waals surface area contributed by atoms with Gasteiger partial charge in [0, 0.05) is 19.6 Å². The summed E-state index contributed by atoms with van der Waals surface area (Å²) in [6.45, 7) is 8.98. The van der Waals surface area contributed by atoms with Gasteiger partial charge in [0.2, 0.25) is 5.88 Å². The van der Waals surface area contributed by atoms with Crippen molar-refractivity contribution in [2.24, 2.45) is 4.99 Å². The van der Waals surface area contributed by atoms with Crippen LogP contribution in [0.5, 0.6) is 0 Å². The van der Waals surface area contributed by atoms with Gasteiger partial charge in [0.25, 0.3) is 5.91 Å². The molecule has 156 valence electrons. The number of piperidine rings is 1. The van der Waals surface area contributed by atoms with Gasteiger partial charge in [0.05, 0.1) is 19.3 Å². The maximum atomic E-state index is 12.6. The zero-order valence-corrected chi connectivity index (χ0v) is 17.4. The smallest absolute Gasteiger partial charge is 0.256 e. The van der Waals surface area contributed by atoms with E-state index in [0.29, 0.717) is 12.4 Å². The lowest BCUT2D eigenvalue weighted by atomic mass is 9.88. The van der Waals surface area contributed by atoms with E-state index in [4.69, 9.17) is 9.47 Å². The molecule has 0 saturated carbocycles. The number of hydrogen-bond acceptors (Lipinski definition) is 5. The second kappa shape index (κ2) is 9.85. The van der Waals surface area contributed by atoms with Crippen molar-refractivity contribution in [2.75, 3.05) is 33.3 Å². The van der Waals surface area contributed by atoms with E-state index in [0.717, 1.165) is 38.9 Å². The van der Waals surface area contributed by atoms with Crippen LogP contribution in [-0.4, -0.2) is 67.0 Å². The maximum absolute atomic E-state index is 12.6. The molecule has 2 aliphatic rings. The molecule has 0 N–H and O–H groups in total. The first-order valence-electron chi connectivity index (χ1n) is 10.2. The quantitative estimate of drug-likeness (QED) is 0.307. The van der Waals surface area contributed by atoms with Crippen LogP contribution in [0.25, 0.3) is 0 Å². The Morgan fingerprint density at radius 3 is 2.72 bits per heavy atom. The lowest BCUT2D eigenvalue weighted by molar-refractivity contribution is -0.181. The molecule has 1 unspecified atom stereocenters. The molecule has 1 spiro atoms. The summed E-state index contributed by atoms with van der Waals surface area (Å²) >= 11 is 0. The standard InChI is InChI=1S/C23H31N3O3/c1-4-8-21(28-3)24-18-26-17-23(29-19(2)22(26)27)12-15-25(16-13-23)14-11-20-9-6-5-7-10-20/h4-10,18-19H,1,11-17H2,2-3H3/b21-8+,24-18+. The SMILES string of the molecule is C=C/C=C(\N=C\N1CC2(CCN(CCc3ccccc3)CC2)OC(C)C1=O)OC. The van der Waals surface area contributed by atoms with Gasteiger partial charge >= 0.3 is 0 Å². The Labute approximate surface area is 173 Å². The van der Waals surface area contributed by atoms with Gasteiger partial charge in [-0.25, -0.2) is 4.99 Å². The molecule has 2 heterocycles. The number of amides is 1. The summed E-state index contributed by atoms with van der Waals surface area (Å²) < 4.78 is 11.4. The van der Waals surface area contributed by atoms with Crippen molar-refractivity contribution in [2.45, 2.75) is 37.9 Å². The van der Waals surface area contributed by atoms with E-state index in [9.17, 15) is 4.79 Å². The third-order valence-corrected chi connectivity index (χ3v) is 5.64. The summed E-state index contributed by atoms with van der Waals surface area (Å²) in [5.74, 6) is 0.344. The number of carbonyl (C=O) groups is 1. The van der Waals surface area contributed by atoms with E-state index < -0.39 is 6.10 Å². The highest BCUT2D eigenvalue weighted by Crippen LogP contribution is 2.32. The van der Waals surface area contributed by atoms with Gasteiger partial charge in [0.1, 0.15) is 12.4 Å². The predicted molar refractivity (Wildman–Crippen MR) is 115 cm³/mol. The molecule has 1 atom stereocenters. The van der Waals surface area contributed by atoms with Crippen molar-refractivity contribution in [3.63, 3.8) is 0 Å². The average Bonchev–Trinajstić information content (AvgIpc) is 2.75. The van der Waals surface area contributed by atoms with Gasteiger partial charge < -0.3 is 14.4 Å². The number of aliphatic imine (C=N–C) groups is 1. The molecule has 6 heteroatoms. The first kappa shape index (κ1) is 21.3. The zero-order chi connectivity index (χ0) is 20.7. The number of hydrogen-bond donors (Lipinski definition) is 0. The van der Waals surface area contributed by atoms with Crippen LogP contribution in [0.3, 0.4) is 0 Å². The summed E-state index contributed by atoms with van der Waals surface area (Å²) in [6, 6.07) is 10.6. The molecule has 2 fully saturated rings. The molecule has 0 radical (unpaired) electrons. The van der Waals surface area contributed by atoms with Gasteiger partial charge in [-0.15, -0.1) is 0 Å². The van der Waals surface area contributed by atoms with Crippen LogP contribution in [-0.2, 0) is 20.7 Å². The Balaban J connectivity index is 1.58. The highest BCUT2D eigenvalue weighted by molar-refractivity contribution is 5.91. The van der Waals surface area contributed by atoms with Gasteiger partial charge in [-0.3, -0.25) is 9.69 Å². The number of benzene rings is 1. The van der Waals surface area contributed by atoms with E-state index in [-0.39, 0.29) is 11.5 Å². The summed E-state index contributed by atoms with van der Waals surface area (Å²) in [6.07, 6.45) is 7.22. The molecule has 0 bridgehead atoms. The number of allylic oxidation sites excluding steroid dienone is 2. The fourth-order valence-electron chi connectivity index (χ4n) is 3.97. The molecule has 2 aliphatic heterocycles. The Kier molecular flexibility index (Phi) is 7.23. The topological polar surface area (TPSA) is 54.4 Å². The monoisotopic (exact) mass is 397 g/mol. The van der Waals surface area contributed by atoms with Crippen molar-refractivity contribution in [3.05, 3.63) is 60.5 Å². The van der Waals surface area contributed by atoms with E-state index in [1.807, 2.05) is 6.92 Å². The number of ether oxygens (including phenoxy) is 2. The molecular formula is C23H31N3O3.